The zero-order valence-electron chi connectivity index (χ0n) is 7.64. The maximum Gasteiger partial charge on any atom is 0.126 e. The summed E-state index contributed by atoms with van der Waals surface area (Å²) in [5.74, 6) is 0. The number of fused-ring (bicyclic) bond motifs is 2. The molecule has 2 rings (SSSR count). The summed E-state index contributed by atoms with van der Waals surface area (Å²) in [5.41, 5.74) is 0.425. The van der Waals surface area contributed by atoms with E-state index >= 15 is 0 Å². The molecule has 0 aliphatic heterocycles. The highest BCUT2D eigenvalue weighted by molar-refractivity contribution is 5.61. The number of rotatable bonds is 3. The summed E-state index contributed by atoms with van der Waals surface area (Å²) < 4.78 is 5.22. The molecular formula is C10H16O2. The predicted octanol–water partition coefficient (Wildman–Crippen LogP) is 1.78. The highest BCUT2D eigenvalue weighted by Gasteiger charge is 2.53. The van der Waals surface area contributed by atoms with E-state index in [0.717, 1.165) is 25.9 Å². The van der Waals surface area contributed by atoms with Gasteiger partial charge in [0, 0.05) is 12.5 Å². The third-order valence-electron chi connectivity index (χ3n) is 3.73. The molecule has 0 amide bonds. The predicted molar refractivity (Wildman–Crippen MR) is 45.9 cm³/mol. The monoisotopic (exact) mass is 168 g/mol. The molecule has 0 aromatic carbocycles. The Morgan fingerprint density at radius 3 is 2.42 bits per heavy atom. The van der Waals surface area contributed by atoms with E-state index in [1.54, 1.807) is 7.11 Å². The molecule has 2 heteroatoms. The second-order valence-corrected chi connectivity index (χ2v) is 4.59. The molecule has 2 aliphatic carbocycles. The van der Waals surface area contributed by atoms with Gasteiger partial charge in [-0.3, -0.25) is 0 Å². The van der Waals surface area contributed by atoms with E-state index in [-0.39, 0.29) is 5.41 Å². The molecule has 2 fully saturated rings. The van der Waals surface area contributed by atoms with Gasteiger partial charge in [0.2, 0.25) is 0 Å². The molecule has 0 aromatic heterocycles. The van der Waals surface area contributed by atoms with Gasteiger partial charge >= 0.3 is 0 Å². The third kappa shape index (κ3) is 1.01. The van der Waals surface area contributed by atoms with Gasteiger partial charge in [-0.15, -0.1) is 0 Å². The average Bonchev–Trinajstić information content (AvgIpc) is 2.61. The molecule has 2 bridgehead atoms. The van der Waals surface area contributed by atoms with Crippen molar-refractivity contribution in [3.8, 4) is 0 Å². The summed E-state index contributed by atoms with van der Waals surface area (Å²) in [6.45, 7) is 0.850. The molecule has 0 radical (unpaired) electrons. The van der Waals surface area contributed by atoms with Crippen LogP contribution in [-0.2, 0) is 9.53 Å². The largest absolute Gasteiger partial charge is 0.384 e. The van der Waals surface area contributed by atoms with Crippen molar-refractivity contribution in [1.82, 2.24) is 0 Å². The summed E-state index contributed by atoms with van der Waals surface area (Å²) in [4.78, 5) is 10.9. The molecular weight excluding hydrogens is 152 g/mol. The normalized spacial score (nSPS) is 45.1. The minimum absolute atomic E-state index is 0.0541. The SMILES string of the molecule is COCC12CCC(C=O)(CC1)C2. The number of methoxy groups -OCH3 is 1. The number of hydrogen-bond acceptors (Lipinski definition) is 2. The van der Waals surface area contributed by atoms with E-state index in [0.29, 0.717) is 5.41 Å². The van der Waals surface area contributed by atoms with Crippen LogP contribution in [0, 0.1) is 10.8 Å². The van der Waals surface area contributed by atoms with E-state index in [4.69, 9.17) is 4.74 Å². The van der Waals surface area contributed by atoms with E-state index in [1.165, 1.54) is 19.1 Å². The van der Waals surface area contributed by atoms with E-state index in [2.05, 4.69) is 0 Å². The van der Waals surface area contributed by atoms with Crippen LogP contribution in [0.4, 0.5) is 0 Å². The Labute approximate surface area is 73.3 Å². The van der Waals surface area contributed by atoms with Crippen LogP contribution in [0.3, 0.4) is 0 Å². The first-order chi connectivity index (χ1) is 5.74. The van der Waals surface area contributed by atoms with Gasteiger partial charge in [0.25, 0.3) is 0 Å². The fourth-order valence-electron chi connectivity index (χ4n) is 3.04. The topological polar surface area (TPSA) is 26.3 Å². The standard InChI is InChI=1S/C10H16O2/c1-12-8-10-4-2-9(6-10,7-11)3-5-10/h7H,2-6,8H2,1H3. The Morgan fingerprint density at radius 2 is 2.00 bits per heavy atom. The number of ether oxygens (including phenoxy) is 1. The fourth-order valence-corrected chi connectivity index (χ4v) is 3.04. The van der Waals surface area contributed by atoms with Crippen LogP contribution in [-0.4, -0.2) is 20.0 Å². The van der Waals surface area contributed by atoms with Crippen molar-refractivity contribution < 1.29 is 9.53 Å². The van der Waals surface area contributed by atoms with Crippen LogP contribution in [0.1, 0.15) is 32.1 Å². The lowest BCUT2D eigenvalue weighted by molar-refractivity contribution is -0.115. The Bertz CT molecular complexity index is 190. The molecule has 0 N–H and O–H groups in total. The Hall–Kier alpha value is -0.370. The first-order valence-corrected chi connectivity index (χ1v) is 4.70. The summed E-state index contributed by atoms with van der Waals surface area (Å²) in [5, 5.41) is 0. The maximum absolute atomic E-state index is 10.9. The molecule has 2 nitrogen and oxygen atoms in total. The molecule has 0 aromatic rings. The molecule has 0 unspecified atom stereocenters. The van der Waals surface area contributed by atoms with Crippen molar-refractivity contribution >= 4 is 6.29 Å². The summed E-state index contributed by atoms with van der Waals surface area (Å²) in [6.07, 6.45) is 6.85. The fraction of sp³-hybridized carbons (Fsp3) is 0.900. The minimum atomic E-state index is 0.0541. The number of aldehydes is 1. The lowest BCUT2D eigenvalue weighted by atomic mass is 9.83. The number of hydrogen-bond donors (Lipinski definition) is 0. The van der Waals surface area contributed by atoms with Crippen molar-refractivity contribution in [3.05, 3.63) is 0 Å². The van der Waals surface area contributed by atoms with Crippen LogP contribution in [0.5, 0.6) is 0 Å². The van der Waals surface area contributed by atoms with Gasteiger partial charge in [0.1, 0.15) is 6.29 Å². The molecule has 12 heavy (non-hydrogen) atoms. The van der Waals surface area contributed by atoms with Crippen LogP contribution in [0.25, 0.3) is 0 Å². The lowest BCUT2D eigenvalue weighted by Gasteiger charge is -2.25. The van der Waals surface area contributed by atoms with Gasteiger partial charge < -0.3 is 9.53 Å². The molecule has 2 saturated carbocycles. The van der Waals surface area contributed by atoms with Crippen molar-refractivity contribution in [2.75, 3.05) is 13.7 Å². The summed E-state index contributed by atoms with van der Waals surface area (Å²) in [7, 11) is 1.76. The van der Waals surface area contributed by atoms with Gasteiger partial charge in [-0.25, -0.2) is 0 Å². The highest BCUT2D eigenvalue weighted by atomic mass is 16.5. The Kier molecular flexibility index (Phi) is 1.76. The van der Waals surface area contributed by atoms with Crippen LogP contribution in [0.2, 0.25) is 0 Å². The molecule has 0 spiro atoms. The first-order valence-electron chi connectivity index (χ1n) is 4.70. The second-order valence-electron chi connectivity index (χ2n) is 4.59. The van der Waals surface area contributed by atoms with Gasteiger partial charge in [-0.2, -0.15) is 0 Å². The molecule has 0 heterocycles. The zero-order valence-corrected chi connectivity index (χ0v) is 7.64. The average molecular weight is 168 g/mol. The van der Waals surface area contributed by atoms with Gasteiger partial charge in [-0.1, -0.05) is 0 Å². The van der Waals surface area contributed by atoms with Crippen molar-refractivity contribution in [1.29, 1.82) is 0 Å². The van der Waals surface area contributed by atoms with Crippen LogP contribution in [0.15, 0.2) is 0 Å². The maximum atomic E-state index is 10.9. The minimum Gasteiger partial charge on any atom is -0.384 e. The number of carbonyl (C=O) groups excluding carboxylic acids is 1. The van der Waals surface area contributed by atoms with Crippen LogP contribution < -0.4 is 0 Å². The molecule has 68 valence electrons. The van der Waals surface area contributed by atoms with Crippen LogP contribution >= 0.6 is 0 Å². The molecule has 0 atom stereocenters. The van der Waals surface area contributed by atoms with E-state index in [9.17, 15) is 4.79 Å². The van der Waals surface area contributed by atoms with Crippen molar-refractivity contribution in [2.24, 2.45) is 10.8 Å². The van der Waals surface area contributed by atoms with Crippen molar-refractivity contribution in [3.63, 3.8) is 0 Å². The summed E-state index contributed by atoms with van der Waals surface area (Å²) >= 11 is 0. The Morgan fingerprint density at radius 1 is 1.33 bits per heavy atom. The van der Waals surface area contributed by atoms with E-state index in [1.807, 2.05) is 0 Å². The second kappa shape index (κ2) is 2.56. The smallest absolute Gasteiger partial charge is 0.126 e. The van der Waals surface area contributed by atoms with Gasteiger partial charge in [0.05, 0.1) is 6.61 Å². The molecule has 2 aliphatic rings. The van der Waals surface area contributed by atoms with Gasteiger partial charge in [-0.05, 0) is 37.5 Å². The van der Waals surface area contributed by atoms with Crippen molar-refractivity contribution in [2.45, 2.75) is 32.1 Å². The highest BCUT2D eigenvalue weighted by Crippen LogP contribution is 2.60. The summed E-state index contributed by atoms with van der Waals surface area (Å²) in [6, 6.07) is 0. The Balaban J connectivity index is 2.11. The quantitative estimate of drug-likeness (QED) is 0.600. The van der Waals surface area contributed by atoms with E-state index < -0.39 is 0 Å². The zero-order chi connectivity index (χ0) is 8.66. The molecule has 0 saturated heterocycles. The lowest BCUT2D eigenvalue weighted by Crippen LogP contribution is -2.20. The van der Waals surface area contributed by atoms with Gasteiger partial charge in [0.15, 0.2) is 0 Å². The third-order valence-corrected chi connectivity index (χ3v) is 3.73. The first kappa shape index (κ1) is 8.24. The number of carbonyl (C=O) groups is 1.